The molecule has 1 aromatic heterocycles. The second-order valence-electron chi connectivity index (χ2n) is 4.16. The third-order valence-corrected chi connectivity index (χ3v) is 2.74. The highest BCUT2D eigenvalue weighted by Gasteiger charge is 2.31. The highest BCUT2D eigenvalue weighted by molar-refractivity contribution is 5.92. The third-order valence-electron chi connectivity index (χ3n) is 2.74. The van der Waals surface area contributed by atoms with Gasteiger partial charge in [0.25, 0.3) is 5.91 Å². The van der Waals surface area contributed by atoms with Gasteiger partial charge in [0.1, 0.15) is 5.69 Å². The molecule has 18 heavy (non-hydrogen) atoms. The van der Waals surface area contributed by atoms with E-state index in [9.17, 15) is 18.0 Å². The molecule has 0 unspecified atom stereocenters. The molecule has 0 saturated carbocycles. The normalized spacial score (nSPS) is 16.2. The molecule has 1 aliphatic rings. The number of hydrogen-bond acceptors (Lipinski definition) is 3. The van der Waals surface area contributed by atoms with Crippen molar-refractivity contribution in [3.63, 3.8) is 0 Å². The van der Waals surface area contributed by atoms with Crippen molar-refractivity contribution in [3.05, 3.63) is 29.6 Å². The fourth-order valence-electron chi connectivity index (χ4n) is 1.52. The maximum absolute atomic E-state index is 12.3. The predicted octanol–water partition coefficient (Wildman–Crippen LogP) is 1.05. The second kappa shape index (κ2) is 4.93. The van der Waals surface area contributed by atoms with Gasteiger partial charge < -0.3 is 10.6 Å². The summed E-state index contributed by atoms with van der Waals surface area (Å²) in [6, 6.07) is 1.93. The topological polar surface area (TPSA) is 54.0 Å². The van der Waals surface area contributed by atoms with E-state index >= 15 is 0 Å². The number of aromatic nitrogens is 1. The molecule has 1 saturated heterocycles. The van der Waals surface area contributed by atoms with Crippen LogP contribution < -0.4 is 10.6 Å². The van der Waals surface area contributed by atoms with Gasteiger partial charge >= 0.3 is 6.18 Å². The number of alkyl halides is 3. The minimum Gasteiger partial charge on any atom is -0.350 e. The van der Waals surface area contributed by atoms with E-state index in [4.69, 9.17) is 0 Å². The van der Waals surface area contributed by atoms with Crippen LogP contribution in [0.25, 0.3) is 0 Å². The van der Waals surface area contributed by atoms with Crippen LogP contribution >= 0.6 is 0 Å². The molecule has 0 radical (unpaired) electrons. The summed E-state index contributed by atoms with van der Waals surface area (Å²) in [5.41, 5.74) is -0.863. The lowest BCUT2D eigenvalue weighted by molar-refractivity contribution is -0.137. The summed E-state index contributed by atoms with van der Waals surface area (Å²) < 4.78 is 36.8. The Morgan fingerprint density at radius 2 is 2.17 bits per heavy atom. The largest absolute Gasteiger partial charge is 0.417 e. The summed E-state index contributed by atoms with van der Waals surface area (Å²) >= 11 is 0. The molecule has 2 rings (SSSR count). The van der Waals surface area contributed by atoms with Crippen molar-refractivity contribution in [2.45, 2.75) is 6.18 Å². The van der Waals surface area contributed by atoms with Gasteiger partial charge in [-0.3, -0.25) is 9.78 Å². The molecular formula is C11H12F3N3O. The molecule has 7 heteroatoms. The van der Waals surface area contributed by atoms with Gasteiger partial charge in [-0.05, 0) is 12.1 Å². The average Bonchev–Trinajstić information content (AvgIpc) is 2.26. The van der Waals surface area contributed by atoms with E-state index in [2.05, 4.69) is 15.6 Å². The molecule has 98 valence electrons. The molecule has 4 nitrogen and oxygen atoms in total. The smallest absolute Gasteiger partial charge is 0.350 e. The standard InChI is InChI=1S/C11H12F3N3O/c12-11(13,14)8-1-2-9(16-6-8)10(18)17-5-7-3-15-4-7/h1-2,6-7,15H,3-5H2,(H,17,18). The lowest BCUT2D eigenvalue weighted by Crippen LogP contribution is -2.48. The van der Waals surface area contributed by atoms with Gasteiger partial charge in [-0.25, -0.2) is 0 Å². The molecule has 1 fully saturated rings. The molecule has 2 N–H and O–H groups in total. The van der Waals surface area contributed by atoms with Gasteiger partial charge in [-0.15, -0.1) is 0 Å². The Morgan fingerprint density at radius 3 is 2.61 bits per heavy atom. The van der Waals surface area contributed by atoms with Crippen LogP contribution in [0.15, 0.2) is 18.3 Å². The van der Waals surface area contributed by atoms with Crippen LogP contribution in [-0.2, 0) is 6.18 Å². The predicted molar refractivity (Wildman–Crippen MR) is 57.9 cm³/mol. The molecule has 1 aliphatic heterocycles. The van der Waals surface area contributed by atoms with Gasteiger partial charge in [-0.1, -0.05) is 0 Å². The van der Waals surface area contributed by atoms with Crippen molar-refractivity contribution >= 4 is 5.91 Å². The number of nitrogens with one attached hydrogen (secondary N) is 2. The number of nitrogens with zero attached hydrogens (tertiary/aromatic N) is 1. The van der Waals surface area contributed by atoms with E-state index in [1.165, 1.54) is 0 Å². The first-order valence-corrected chi connectivity index (χ1v) is 5.49. The van der Waals surface area contributed by atoms with Crippen LogP contribution in [0.2, 0.25) is 0 Å². The Kier molecular flexibility index (Phi) is 3.51. The van der Waals surface area contributed by atoms with Crippen LogP contribution in [-0.4, -0.2) is 30.5 Å². The van der Waals surface area contributed by atoms with Gasteiger partial charge in [0.2, 0.25) is 0 Å². The Labute approximate surface area is 102 Å². The van der Waals surface area contributed by atoms with E-state index in [1.54, 1.807) is 0 Å². The van der Waals surface area contributed by atoms with Crippen molar-refractivity contribution in [2.75, 3.05) is 19.6 Å². The molecule has 0 atom stereocenters. The molecule has 0 aromatic carbocycles. The number of amides is 1. The average molecular weight is 259 g/mol. The lowest BCUT2D eigenvalue weighted by Gasteiger charge is -2.26. The number of rotatable bonds is 3. The monoisotopic (exact) mass is 259 g/mol. The molecule has 1 aromatic rings. The Balaban J connectivity index is 1.93. The highest BCUT2D eigenvalue weighted by atomic mass is 19.4. The minimum atomic E-state index is -4.43. The Bertz CT molecular complexity index is 426. The first-order valence-electron chi connectivity index (χ1n) is 5.49. The first-order chi connectivity index (χ1) is 8.47. The van der Waals surface area contributed by atoms with Crippen molar-refractivity contribution in [1.29, 1.82) is 0 Å². The van der Waals surface area contributed by atoms with E-state index in [1.807, 2.05) is 0 Å². The Morgan fingerprint density at radius 1 is 1.44 bits per heavy atom. The number of pyridine rings is 1. The molecule has 2 heterocycles. The van der Waals surface area contributed by atoms with Crippen molar-refractivity contribution in [1.82, 2.24) is 15.6 Å². The van der Waals surface area contributed by atoms with Crippen LogP contribution in [0.4, 0.5) is 13.2 Å². The number of carbonyl (C=O) groups excluding carboxylic acids is 1. The summed E-state index contributed by atoms with van der Waals surface area (Å²) in [4.78, 5) is 15.1. The molecular weight excluding hydrogens is 247 g/mol. The van der Waals surface area contributed by atoms with E-state index in [0.717, 1.165) is 25.2 Å². The van der Waals surface area contributed by atoms with Gasteiger partial charge in [0.05, 0.1) is 5.56 Å². The number of halogens is 3. The summed E-state index contributed by atoms with van der Waals surface area (Å²) in [6.07, 6.45) is -3.76. The molecule has 0 bridgehead atoms. The zero-order chi connectivity index (χ0) is 13.2. The van der Waals surface area contributed by atoms with Gasteiger partial charge in [0.15, 0.2) is 0 Å². The first kappa shape index (κ1) is 12.8. The molecule has 1 amide bonds. The maximum Gasteiger partial charge on any atom is 0.417 e. The summed E-state index contributed by atoms with van der Waals surface area (Å²) in [6.45, 7) is 2.20. The fraction of sp³-hybridized carbons (Fsp3) is 0.455. The SMILES string of the molecule is O=C(NCC1CNC1)c1ccc(C(F)(F)F)cn1. The van der Waals surface area contributed by atoms with E-state index in [-0.39, 0.29) is 5.69 Å². The van der Waals surface area contributed by atoms with Crippen molar-refractivity contribution in [3.8, 4) is 0 Å². The fourth-order valence-corrected chi connectivity index (χ4v) is 1.52. The summed E-state index contributed by atoms with van der Waals surface area (Å²) in [5.74, 6) is -0.0565. The summed E-state index contributed by atoms with van der Waals surface area (Å²) in [7, 11) is 0. The second-order valence-corrected chi connectivity index (χ2v) is 4.16. The highest BCUT2D eigenvalue weighted by Crippen LogP contribution is 2.28. The van der Waals surface area contributed by atoms with Crippen LogP contribution in [0.1, 0.15) is 16.1 Å². The zero-order valence-corrected chi connectivity index (χ0v) is 9.42. The molecule has 0 aliphatic carbocycles. The minimum absolute atomic E-state index is 0.00437. The van der Waals surface area contributed by atoms with Crippen LogP contribution in [0.3, 0.4) is 0 Å². The van der Waals surface area contributed by atoms with Gasteiger partial charge in [-0.2, -0.15) is 13.2 Å². The Hall–Kier alpha value is -1.63. The third kappa shape index (κ3) is 2.98. The van der Waals surface area contributed by atoms with E-state index in [0.29, 0.717) is 18.7 Å². The van der Waals surface area contributed by atoms with Crippen molar-refractivity contribution in [2.24, 2.45) is 5.92 Å². The quantitative estimate of drug-likeness (QED) is 0.853. The lowest BCUT2D eigenvalue weighted by atomic mass is 10.0. The van der Waals surface area contributed by atoms with E-state index < -0.39 is 17.6 Å². The maximum atomic E-state index is 12.3. The summed E-state index contributed by atoms with van der Waals surface area (Å²) in [5, 5.41) is 5.69. The number of carbonyl (C=O) groups is 1. The van der Waals surface area contributed by atoms with Gasteiger partial charge in [0, 0.05) is 31.7 Å². The van der Waals surface area contributed by atoms with Crippen LogP contribution in [0.5, 0.6) is 0 Å². The zero-order valence-electron chi connectivity index (χ0n) is 9.42. The van der Waals surface area contributed by atoms with Crippen LogP contribution in [0, 0.1) is 5.92 Å². The van der Waals surface area contributed by atoms with Crippen molar-refractivity contribution < 1.29 is 18.0 Å². The number of hydrogen-bond donors (Lipinski definition) is 2. The molecule has 0 spiro atoms.